The zero-order chi connectivity index (χ0) is 22.3. The van der Waals surface area contributed by atoms with Crippen molar-refractivity contribution in [3.05, 3.63) is 0 Å². The van der Waals surface area contributed by atoms with Gasteiger partial charge in [-0.1, -0.05) is 123 Å². The molecule has 180 valence electrons. The summed E-state index contributed by atoms with van der Waals surface area (Å²) < 4.78 is 0. The second-order valence-electron chi connectivity index (χ2n) is 9.12. The molecule has 0 heterocycles. The predicted octanol–water partition coefficient (Wildman–Crippen LogP) is 6.67. The Labute approximate surface area is 187 Å². The van der Waals surface area contributed by atoms with Crippen LogP contribution in [0.5, 0.6) is 0 Å². The van der Waals surface area contributed by atoms with Gasteiger partial charge >= 0.3 is 0 Å². The number of unbranched alkanes of at least 4 members (excludes halogenated alkanes) is 16. The molecule has 30 heavy (non-hydrogen) atoms. The third-order valence-electron chi connectivity index (χ3n) is 6.12. The first-order chi connectivity index (χ1) is 14.7. The van der Waals surface area contributed by atoms with Gasteiger partial charge in [-0.15, -0.1) is 0 Å². The summed E-state index contributed by atoms with van der Waals surface area (Å²) in [6, 6.07) is -0.523. The van der Waals surface area contributed by atoms with Gasteiger partial charge in [0.05, 0.1) is 18.8 Å². The van der Waals surface area contributed by atoms with E-state index in [0.717, 1.165) is 25.7 Å². The minimum atomic E-state index is -0.646. The molecule has 0 aliphatic rings. The van der Waals surface area contributed by atoms with Gasteiger partial charge < -0.3 is 15.5 Å². The normalized spacial score (nSPS) is 13.3. The molecule has 0 spiro atoms. The summed E-state index contributed by atoms with van der Waals surface area (Å²) in [6.07, 6.45) is 23.6. The van der Waals surface area contributed by atoms with Crippen LogP contribution < -0.4 is 5.32 Å². The summed E-state index contributed by atoms with van der Waals surface area (Å²) in [4.78, 5) is 11.8. The maximum Gasteiger partial charge on any atom is 0.220 e. The highest BCUT2D eigenvalue weighted by molar-refractivity contribution is 5.76. The molecule has 0 aliphatic carbocycles. The molecule has 3 N–H and O–H groups in total. The first-order valence-electron chi connectivity index (χ1n) is 13.2. The predicted molar refractivity (Wildman–Crippen MR) is 129 cm³/mol. The van der Waals surface area contributed by atoms with Crippen molar-refractivity contribution in [3.8, 4) is 0 Å². The van der Waals surface area contributed by atoms with Crippen molar-refractivity contribution >= 4 is 5.91 Å². The van der Waals surface area contributed by atoms with E-state index in [1.54, 1.807) is 0 Å². The second-order valence-corrected chi connectivity index (χ2v) is 9.12. The molecule has 2 atom stereocenters. The van der Waals surface area contributed by atoms with Gasteiger partial charge in [0.2, 0.25) is 5.91 Å². The van der Waals surface area contributed by atoms with Crippen LogP contribution in [-0.4, -0.2) is 34.9 Å². The van der Waals surface area contributed by atoms with E-state index >= 15 is 0 Å². The molecule has 4 heteroatoms. The summed E-state index contributed by atoms with van der Waals surface area (Å²) in [5.74, 6) is -0.0677. The summed E-state index contributed by atoms with van der Waals surface area (Å²) in [5.41, 5.74) is 0. The second kappa shape index (κ2) is 23.1. The molecule has 4 nitrogen and oxygen atoms in total. The Morgan fingerprint density at radius 2 is 1.07 bits per heavy atom. The molecule has 0 aromatic heterocycles. The molecule has 0 fully saturated rings. The number of hydrogen-bond donors (Lipinski definition) is 3. The van der Waals surface area contributed by atoms with E-state index in [1.807, 2.05) is 6.92 Å². The summed E-state index contributed by atoms with van der Waals surface area (Å²) in [6.45, 7) is 4.12. The number of hydrogen-bond acceptors (Lipinski definition) is 3. The van der Waals surface area contributed by atoms with Crippen molar-refractivity contribution < 1.29 is 15.0 Å². The number of carbonyl (C=O) groups excluding carboxylic acids is 1. The quantitative estimate of drug-likeness (QED) is 0.160. The highest BCUT2D eigenvalue weighted by Crippen LogP contribution is 2.15. The fourth-order valence-electron chi connectivity index (χ4n) is 3.98. The molecule has 0 radical (unpaired) electrons. The van der Waals surface area contributed by atoms with E-state index in [9.17, 15) is 15.0 Å². The molecule has 0 aliphatic heterocycles. The Kier molecular flexibility index (Phi) is 22.6. The Morgan fingerprint density at radius 3 is 1.47 bits per heavy atom. The minimum absolute atomic E-state index is 0.0677. The summed E-state index contributed by atoms with van der Waals surface area (Å²) in [5, 5.41) is 22.4. The molecule has 0 saturated carbocycles. The van der Waals surface area contributed by atoms with Crippen LogP contribution in [0.2, 0.25) is 0 Å². The molecule has 0 aromatic carbocycles. The van der Waals surface area contributed by atoms with Gasteiger partial charge in [-0.25, -0.2) is 0 Å². The molecule has 0 aromatic rings. The van der Waals surface area contributed by atoms with E-state index in [0.29, 0.717) is 12.8 Å². The van der Waals surface area contributed by atoms with E-state index in [2.05, 4.69) is 12.2 Å². The van der Waals surface area contributed by atoms with Crippen molar-refractivity contribution in [1.82, 2.24) is 5.32 Å². The van der Waals surface area contributed by atoms with Crippen molar-refractivity contribution in [1.29, 1.82) is 0 Å². The number of amides is 1. The van der Waals surface area contributed by atoms with Crippen LogP contribution in [0.4, 0.5) is 0 Å². The minimum Gasteiger partial charge on any atom is -0.394 e. The Balaban J connectivity index is 3.42. The van der Waals surface area contributed by atoms with Crippen LogP contribution in [-0.2, 0) is 4.79 Å². The highest BCUT2D eigenvalue weighted by Gasteiger charge is 2.19. The monoisotopic (exact) mass is 427 g/mol. The van der Waals surface area contributed by atoms with Crippen LogP contribution >= 0.6 is 0 Å². The Morgan fingerprint density at radius 1 is 0.667 bits per heavy atom. The molecule has 0 rings (SSSR count). The fraction of sp³-hybridized carbons (Fsp3) is 0.962. The van der Waals surface area contributed by atoms with Crippen LogP contribution in [0.1, 0.15) is 142 Å². The van der Waals surface area contributed by atoms with E-state index in [1.165, 1.54) is 89.9 Å². The van der Waals surface area contributed by atoms with Crippen LogP contribution in [0, 0.1) is 0 Å². The van der Waals surface area contributed by atoms with Gasteiger partial charge in [-0.05, 0) is 12.8 Å². The van der Waals surface area contributed by atoms with Crippen molar-refractivity contribution in [2.24, 2.45) is 0 Å². The lowest BCUT2D eigenvalue weighted by Crippen LogP contribution is -2.45. The molecule has 0 saturated heterocycles. The molecular weight excluding hydrogens is 374 g/mol. The largest absolute Gasteiger partial charge is 0.394 e. The third kappa shape index (κ3) is 19.4. The van der Waals surface area contributed by atoms with Gasteiger partial charge in [-0.3, -0.25) is 4.79 Å². The summed E-state index contributed by atoms with van der Waals surface area (Å²) in [7, 11) is 0. The van der Waals surface area contributed by atoms with E-state index in [4.69, 9.17) is 0 Å². The lowest BCUT2D eigenvalue weighted by molar-refractivity contribution is -0.123. The van der Waals surface area contributed by atoms with Crippen LogP contribution in [0.15, 0.2) is 0 Å². The van der Waals surface area contributed by atoms with Gasteiger partial charge in [0.1, 0.15) is 0 Å². The lowest BCUT2D eigenvalue weighted by atomic mass is 10.0. The lowest BCUT2D eigenvalue weighted by Gasteiger charge is -2.22. The maximum absolute atomic E-state index is 11.8. The molecule has 1 amide bonds. The van der Waals surface area contributed by atoms with E-state index in [-0.39, 0.29) is 12.5 Å². The molecule has 0 bridgehead atoms. The zero-order valence-electron chi connectivity index (χ0n) is 20.3. The summed E-state index contributed by atoms with van der Waals surface area (Å²) >= 11 is 0. The fourth-order valence-corrected chi connectivity index (χ4v) is 3.98. The molecule has 2 unspecified atom stereocenters. The zero-order valence-corrected chi connectivity index (χ0v) is 20.3. The van der Waals surface area contributed by atoms with Crippen LogP contribution in [0.25, 0.3) is 0 Å². The van der Waals surface area contributed by atoms with Crippen molar-refractivity contribution in [2.75, 3.05) is 6.61 Å². The third-order valence-corrected chi connectivity index (χ3v) is 6.12. The Bertz CT molecular complexity index is 362. The number of nitrogens with one attached hydrogen (secondary N) is 1. The Hall–Kier alpha value is -0.610. The number of aliphatic hydroxyl groups excluding tert-OH is 2. The van der Waals surface area contributed by atoms with Crippen LogP contribution in [0.3, 0.4) is 0 Å². The average Bonchev–Trinajstić information content (AvgIpc) is 2.75. The SMILES string of the molecule is CCCCCCCCCCCCCCCCCCC(O)C(CO)NC(=O)CCCC. The van der Waals surface area contributed by atoms with Crippen molar-refractivity contribution in [2.45, 2.75) is 154 Å². The van der Waals surface area contributed by atoms with Crippen molar-refractivity contribution in [3.63, 3.8) is 0 Å². The number of rotatable bonds is 23. The first-order valence-corrected chi connectivity index (χ1v) is 13.2. The number of aliphatic hydroxyl groups is 2. The van der Waals surface area contributed by atoms with Gasteiger partial charge in [0.15, 0.2) is 0 Å². The van der Waals surface area contributed by atoms with Gasteiger partial charge in [0, 0.05) is 6.42 Å². The highest BCUT2D eigenvalue weighted by atomic mass is 16.3. The van der Waals surface area contributed by atoms with Gasteiger partial charge in [-0.2, -0.15) is 0 Å². The number of carbonyl (C=O) groups is 1. The molecular formula is C26H53NO3. The first kappa shape index (κ1) is 29.4. The van der Waals surface area contributed by atoms with Gasteiger partial charge in [0.25, 0.3) is 0 Å². The smallest absolute Gasteiger partial charge is 0.220 e. The average molecular weight is 428 g/mol. The maximum atomic E-state index is 11.8. The topological polar surface area (TPSA) is 69.6 Å². The standard InChI is InChI=1S/C26H53NO3/c1-3-5-7-8-9-10-11-12-13-14-15-16-17-18-19-20-21-25(29)24(23-28)27-26(30)22-6-4-2/h24-25,28-29H,3-23H2,1-2H3,(H,27,30). The van der Waals surface area contributed by atoms with E-state index < -0.39 is 12.1 Å².